The van der Waals surface area contributed by atoms with Crippen LogP contribution < -0.4 is 0 Å². The fraction of sp³-hybridized carbons (Fsp3) is 0.545. The van der Waals surface area contributed by atoms with Crippen molar-refractivity contribution in [1.29, 1.82) is 0 Å². The van der Waals surface area contributed by atoms with Crippen molar-refractivity contribution in [3.63, 3.8) is 0 Å². The summed E-state index contributed by atoms with van der Waals surface area (Å²) in [6.07, 6.45) is 6.51. The number of imidazole rings is 1. The van der Waals surface area contributed by atoms with Gasteiger partial charge in [0.05, 0.1) is 12.5 Å². The van der Waals surface area contributed by atoms with Gasteiger partial charge in [0.2, 0.25) is 5.91 Å². The summed E-state index contributed by atoms with van der Waals surface area (Å²) in [7, 11) is 0. The number of aromatic nitrogens is 2. The lowest BCUT2D eigenvalue weighted by Gasteiger charge is -2.15. The molecule has 5 heteroatoms. The van der Waals surface area contributed by atoms with E-state index in [1.165, 1.54) is 6.20 Å². The molecule has 0 N–H and O–H groups in total. The van der Waals surface area contributed by atoms with Crippen LogP contribution in [-0.2, 0) is 11.3 Å². The zero-order valence-corrected chi connectivity index (χ0v) is 9.13. The number of aldehydes is 1. The van der Waals surface area contributed by atoms with E-state index in [0.717, 1.165) is 32.2 Å². The minimum atomic E-state index is 0.169. The van der Waals surface area contributed by atoms with Crippen molar-refractivity contribution in [2.24, 2.45) is 0 Å². The summed E-state index contributed by atoms with van der Waals surface area (Å²) in [5, 5.41) is 0. The van der Waals surface area contributed by atoms with E-state index in [1.807, 2.05) is 4.90 Å². The number of hydrogen-bond acceptors (Lipinski definition) is 3. The van der Waals surface area contributed by atoms with Crippen molar-refractivity contribution in [1.82, 2.24) is 14.5 Å². The zero-order chi connectivity index (χ0) is 11.4. The summed E-state index contributed by atoms with van der Waals surface area (Å²) in [5.74, 6) is 0.169. The van der Waals surface area contributed by atoms with Gasteiger partial charge < -0.3 is 9.47 Å². The molecule has 0 aromatic carbocycles. The van der Waals surface area contributed by atoms with E-state index in [1.54, 1.807) is 10.9 Å². The Bertz CT molecular complexity index is 380. The number of carbonyl (C=O) groups excluding carboxylic acids is 2. The highest BCUT2D eigenvalue weighted by molar-refractivity contribution is 5.76. The number of carbonyl (C=O) groups is 2. The fourth-order valence-electron chi connectivity index (χ4n) is 1.96. The first-order valence-corrected chi connectivity index (χ1v) is 5.54. The highest BCUT2D eigenvalue weighted by atomic mass is 16.2. The normalized spacial score (nSPS) is 15.4. The van der Waals surface area contributed by atoms with E-state index in [4.69, 9.17) is 0 Å². The second kappa shape index (κ2) is 4.92. The summed E-state index contributed by atoms with van der Waals surface area (Å²) in [6, 6.07) is 0. The van der Waals surface area contributed by atoms with Crippen LogP contribution >= 0.6 is 0 Å². The molecule has 1 aromatic heterocycles. The fourth-order valence-corrected chi connectivity index (χ4v) is 1.96. The average Bonchev–Trinajstić information content (AvgIpc) is 2.96. The molecular formula is C11H15N3O2. The third-order valence-corrected chi connectivity index (χ3v) is 2.89. The molecular weight excluding hydrogens is 206 g/mol. The second-order valence-corrected chi connectivity index (χ2v) is 3.97. The van der Waals surface area contributed by atoms with Gasteiger partial charge in [-0.25, -0.2) is 4.98 Å². The van der Waals surface area contributed by atoms with Gasteiger partial charge in [0.15, 0.2) is 6.29 Å². The first kappa shape index (κ1) is 10.9. The molecule has 0 spiro atoms. The molecule has 1 aliphatic rings. The number of hydrogen-bond donors (Lipinski definition) is 0. The quantitative estimate of drug-likeness (QED) is 0.703. The maximum atomic E-state index is 11.7. The van der Waals surface area contributed by atoms with Crippen molar-refractivity contribution in [2.75, 3.05) is 13.1 Å². The van der Waals surface area contributed by atoms with Gasteiger partial charge in [-0.2, -0.15) is 0 Å². The maximum Gasteiger partial charge on any atom is 0.224 e. The first-order valence-electron chi connectivity index (χ1n) is 5.54. The molecule has 1 fully saturated rings. The molecule has 2 rings (SSSR count). The van der Waals surface area contributed by atoms with Crippen LogP contribution in [0.15, 0.2) is 12.5 Å². The second-order valence-electron chi connectivity index (χ2n) is 3.97. The van der Waals surface area contributed by atoms with Gasteiger partial charge >= 0.3 is 0 Å². The van der Waals surface area contributed by atoms with Crippen LogP contribution in [0, 0.1) is 0 Å². The van der Waals surface area contributed by atoms with Crippen molar-refractivity contribution < 1.29 is 9.59 Å². The molecule has 1 aromatic rings. The molecule has 1 saturated heterocycles. The molecule has 1 aliphatic heterocycles. The Hall–Kier alpha value is -1.65. The number of rotatable bonds is 4. The topological polar surface area (TPSA) is 55.2 Å². The Morgan fingerprint density at radius 3 is 2.88 bits per heavy atom. The first-order chi connectivity index (χ1) is 7.81. The van der Waals surface area contributed by atoms with Gasteiger partial charge in [0.25, 0.3) is 0 Å². The Morgan fingerprint density at radius 2 is 2.19 bits per heavy atom. The van der Waals surface area contributed by atoms with Crippen LogP contribution in [0.25, 0.3) is 0 Å². The number of nitrogens with zero attached hydrogens (tertiary/aromatic N) is 3. The molecule has 86 valence electrons. The summed E-state index contributed by atoms with van der Waals surface area (Å²) in [4.78, 5) is 28.1. The average molecular weight is 221 g/mol. The van der Waals surface area contributed by atoms with Crippen LogP contribution in [0.4, 0.5) is 0 Å². The van der Waals surface area contributed by atoms with Crippen molar-refractivity contribution in [3.8, 4) is 0 Å². The molecule has 1 amide bonds. The summed E-state index contributed by atoms with van der Waals surface area (Å²) in [6.45, 7) is 2.29. The lowest BCUT2D eigenvalue weighted by atomic mass is 10.3. The van der Waals surface area contributed by atoms with Crippen molar-refractivity contribution in [2.45, 2.75) is 25.8 Å². The Labute approximate surface area is 94.1 Å². The minimum absolute atomic E-state index is 0.169. The standard InChI is InChI=1S/C11H15N3O2/c15-8-10-7-12-9-14(10)6-3-11(16)13-4-1-2-5-13/h7-9H,1-6H2. The van der Waals surface area contributed by atoms with Gasteiger partial charge in [0.1, 0.15) is 5.69 Å². The third kappa shape index (κ3) is 2.29. The molecule has 2 heterocycles. The number of likely N-dealkylation sites (tertiary alicyclic amines) is 1. The molecule has 0 unspecified atom stereocenters. The molecule has 0 aliphatic carbocycles. The van der Waals surface area contributed by atoms with Crippen molar-refractivity contribution in [3.05, 3.63) is 18.2 Å². The number of aryl methyl sites for hydroxylation is 1. The van der Waals surface area contributed by atoms with Gasteiger partial charge in [-0.3, -0.25) is 9.59 Å². The van der Waals surface area contributed by atoms with E-state index in [9.17, 15) is 9.59 Å². The summed E-state index contributed by atoms with van der Waals surface area (Å²) in [5.41, 5.74) is 0.522. The van der Waals surface area contributed by atoms with Gasteiger partial charge in [-0.1, -0.05) is 0 Å². The maximum absolute atomic E-state index is 11.7. The minimum Gasteiger partial charge on any atom is -0.343 e. The third-order valence-electron chi connectivity index (χ3n) is 2.89. The molecule has 0 radical (unpaired) electrons. The highest BCUT2D eigenvalue weighted by Crippen LogP contribution is 2.09. The van der Waals surface area contributed by atoms with Crippen LogP contribution in [0.1, 0.15) is 29.8 Å². The molecule has 5 nitrogen and oxygen atoms in total. The molecule has 16 heavy (non-hydrogen) atoms. The Kier molecular flexibility index (Phi) is 3.34. The van der Waals surface area contributed by atoms with Gasteiger partial charge in [0, 0.05) is 26.1 Å². The molecule has 0 bridgehead atoms. The zero-order valence-electron chi connectivity index (χ0n) is 9.13. The molecule has 0 saturated carbocycles. The largest absolute Gasteiger partial charge is 0.343 e. The predicted molar refractivity (Wildman–Crippen MR) is 58.0 cm³/mol. The smallest absolute Gasteiger partial charge is 0.224 e. The monoisotopic (exact) mass is 221 g/mol. The SMILES string of the molecule is O=Cc1cncn1CCC(=O)N1CCCC1. The number of amides is 1. The Morgan fingerprint density at radius 1 is 1.44 bits per heavy atom. The van der Waals surface area contributed by atoms with Gasteiger partial charge in [-0.15, -0.1) is 0 Å². The predicted octanol–water partition coefficient (Wildman–Crippen LogP) is 0.708. The van der Waals surface area contributed by atoms with Crippen LogP contribution in [-0.4, -0.2) is 39.7 Å². The van der Waals surface area contributed by atoms with Crippen LogP contribution in [0.2, 0.25) is 0 Å². The summed E-state index contributed by atoms with van der Waals surface area (Å²) < 4.78 is 1.71. The highest BCUT2D eigenvalue weighted by Gasteiger charge is 2.17. The lowest BCUT2D eigenvalue weighted by molar-refractivity contribution is -0.130. The van der Waals surface area contributed by atoms with E-state index in [0.29, 0.717) is 18.7 Å². The van der Waals surface area contributed by atoms with E-state index >= 15 is 0 Å². The summed E-state index contributed by atoms with van der Waals surface area (Å²) >= 11 is 0. The van der Waals surface area contributed by atoms with Crippen molar-refractivity contribution >= 4 is 12.2 Å². The van der Waals surface area contributed by atoms with E-state index in [2.05, 4.69) is 4.98 Å². The van der Waals surface area contributed by atoms with Crippen LogP contribution in [0.3, 0.4) is 0 Å². The molecule has 0 atom stereocenters. The van der Waals surface area contributed by atoms with E-state index < -0.39 is 0 Å². The van der Waals surface area contributed by atoms with Crippen LogP contribution in [0.5, 0.6) is 0 Å². The van der Waals surface area contributed by atoms with E-state index in [-0.39, 0.29) is 5.91 Å². The Balaban J connectivity index is 1.87. The van der Waals surface area contributed by atoms with Gasteiger partial charge in [-0.05, 0) is 12.8 Å². The lowest BCUT2D eigenvalue weighted by Crippen LogP contribution is -2.28.